The molecule has 3 N–H and O–H groups in total. The Morgan fingerprint density at radius 3 is 2.86 bits per heavy atom. The summed E-state index contributed by atoms with van der Waals surface area (Å²) in [5.74, 6) is -0.747. The van der Waals surface area contributed by atoms with Crippen LogP contribution in [-0.2, 0) is 5.54 Å². The molecule has 0 spiro atoms. The summed E-state index contributed by atoms with van der Waals surface area (Å²) < 4.78 is 13.8. The molecular formula is C15H12ClFN4O. The van der Waals surface area contributed by atoms with Crippen LogP contribution in [0.15, 0.2) is 30.6 Å². The summed E-state index contributed by atoms with van der Waals surface area (Å²) in [5.41, 5.74) is 1.18. The Balaban J connectivity index is 1.65. The largest absolute Gasteiger partial charge is 0.348 e. The first-order valence-electron chi connectivity index (χ1n) is 6.87. The Hall–Kier alpha value is -2.34. The molecule has 7 heteroatoms. The highest BCUT2D eigenvalue weighted by Crippen LogP contribution is 2.45. The van der Waals surface area contributed by atoms with Gasteiger partial charge >= 0.3 is 0 Å². The zero-order chi connectivity index (χ0) is 15.3. The summed E-state index contributed by atoms with van der Waals surface area (Å²) in [5, 5.41) is 10.5. The van der Waals surface area contributed by atoms with Gasteiger partial charge in [0, 0.05) is 22.2 Å². The van der Waals surface area contributed by atoms with Crippen LogP contribution in [0.5, 0.6) is 0 Å². The van der Waals surface area contributed by atoms with Crippen LogP contribution in [0.25, 0.3) is 10.9 Å². The standard InChI is InChI=1S/C15H12ClFN4O/c16-10-3-8-4-12(20-13(8)11(17)5-10)14(22)21-15(1-2-15)9-6-18-19-7-9/h3-7,20H,1-2H2,(H,18,19)(H,21,22). The van der Waals surface area contributed by atoms with Gasteiger partial charge in [0.25, 0.3) is 5.91 Å². The molecule has 1 aromatic carbocycles. The van der Waals surface area contributed by atoms with Crippen LogP contribution in [-0.4, -0.2) is 21.1 Å². The molecule has 0 aliphatic heterocycles. The van der Waals surface area contributed by atoms with Crippen LogP contribution in [0.2, 0.25) is 5.02 Å². The number of aromatic amines is 2. The van der Waals surface area contributed by atoms with Crippen LogP contribution in [0.4, 0.5) is 4.39 Å². The molecule has 1 aliphatic rings. The zero-order valence-corrected chi connectivity index (χ0v) is 12.2. The van der Waals surface area contributed by atoms with Gasteiger partial charge in [-0.05, 0) is 31.0 Å². The van der Waals surface area contributed by atoms with Gasteiger partial charge < -0.3 is 10.3 Å². The average molecular weight is 319 g/mol. The fourth-order valence-electron chi connectivity index (χ4n) is 2.70. The minimum absolute atomic E-state index is 0.273. The minimum atomic E-state index is -0.475. The molecule has 4 rings (SSSR count). The quantitative estimate of drug-likeness (QED) is 0.694. The number of fused-ring (bicyclic) bond motifs is 1. The van der Waals surface area contributed by atoms with Crippen molar-refractivity contribution in [2.24, 2.45) is 0 Å². The highest BCUT2D eigenvalue weighted by atomic mass is 35.5. The van der Waals surface area contributed by atoms with Crippen LogP contribution in [0.1, 0.15) is 28.9 Å². The van der Waals surface area contributed by atoms with E-state index in [0.717, 1.165) is 18.4 Å². The average Bonchev–Trinajstić information content (AvgIpc) is 2.94. The van der Waals surface area contributed by atoms with Crippen molar-refractivity contribution in [1.29, 1.82) is 0 Å². The third kappa shape index (κ3) is 2.07. The lowest BCUT2D eigenvalue weighted by atomic mass is 10.1. The number of benzene rings is 1. The van der Waals surface area contributed by atoms with Crippen molar-refractivity contribution < 1.29 is 9.18 Å². The first-order chi connectivity index (χ1) is 10.6. The first-order valence-corrected chi connectivity index (χ1v) is 7.25. The Morgan fingerprint density at radius 2 is 2.18 bits per heavy atom. The highest BCUT2D eigenvalue weighted by Gasteiger charge is 2.46. The smallest absolute Gasteiger partial charge is 0.268 e. The summed E-state index contributed by atoms with van der Waals surface area (Å²) in [4.78, 5) is 15.3. The fraction of sp³-hybridized carbons (Fsp3) is 0.200. The van der Waals surface area contributed by atoms with Crippen molar-refractivity contribution in [1.82, 2.24) is 20.5 Å². The number of nitrogens with one attached hydrogen (secondary N) is 3. The number of rotatable bonds is 3. The van der Waals surface area contributed by atoms with Crippen LogP contribution >= 0.6 is 11.6 Å². The molecule has 1 saturated carbocycles. The van der Waals surface area contributed by atoms with Crippen molar-refractivity contribution >= 4 is 28.4 Å². The maximum atomic E-state index is 13.8. The van der Waals surface area contributed by atoms with Crippen molar-refractivity contribution in [2.75, 3.05) is 0 Å². The van der Waals surface area contributed by atoms with Crippen LogP contribution in [0.3, 0.4) is 0 Å². The lowest BCUT2D eigenvalue weighted by Gasteiger charge is -2.14. The Morgan fingerprint density at radius 1 is 1.36 bits per heavy atom. The summed E-state index contributed by atoms with van der Waals surface area (Å²) in [6.07, 6.45) is 5.20. The van der Waals surface area contributed by atoms with Gasteiger partial charge in [-0.25, -0.2) is 4.39 Å². The minimum Gasteiger partial charge on any atom is -0.348 e. The van der Waals surface area contributed by atoms with E-state index >= 15 is 0 Å². The van der Waals surface area contributed by atoms with Gasteiger partial charge in [-0.3, -0.25) is 9.89 Å². The predicted molar refractivity (Wildman–Crippen MR) is 80.2 cm³/mol. The van der Waals surface area contributed by atoms with E-state index in [4.69, 9.17) is 11.6 Å². The topological polar surface area (TPSA) is 73.6 Å². The normalized spacial score (nSPS) is 15.9. The van der Waals surface area contributed by atoms with Crippen LogP contribution < -0.4 is 5.32 Å². The number of nitrogens with zero attached hydrogens (tertiary/aromatic N) is 1. The van der Waals surface area contributed by atoms with Gasteiger partial charge in [-0.1, -0.05) is 11.6 Å². The third-order valence-electron chi connectivity index (χ3n) is 4.04. The molecule has 2 heterocycles. The molecule has 0 bridgehead atoms. The summed E-state index contributed by atoms with van der Waals surface area (Å²) in [7, 11) is 0. The number of carbonyl (C=O) groups is 1. The number of aromatic nitrogens is 3. The molecule has 2 aromatic heterocycles. The van der Waals surface area contributed by atoms with E-state index in [-0.39, 0.29) is 17.0 Å². The second-order valence-corrected chi connectivity index (χ2v) is 5.99. The molecule has 0 saturated heterocycles. The van der Waals surface area contributed by atoms with Gasteiger partial charge in [0.2, 0.25) is 0 Å². The van der Waals surface area contributed by atoms with Gasteiger partial charge in [0.1, 0.15) is 11.5 Å². The number of hydrogen-bond donors (Lipinski definition) is 3. The van der Waals surface area contributed by atoms with E-state index < -0.39 is 5.82 Å². The Kier molecular flexibility index (Phi) is 2.77. The number of halogens is 2. The molecule has 0 radical (unpaired) electrons. The predicted octanol–water partition coefficient (Wildman–Crippen LogP) is 3.10. The Bertz CT molecular complexity index is 867. The van der Waals surface area contributed by atoms with Gasteiger partial charge in [-0.15, -0.1) is 0 Å². The molecule has 22 heavy (non-hydrogen) atoms. The second-order valence-electron chi connectivity index (χ2n) is 5.56. The number of amides is 1. The molecule has 1 aliphatic carbocycles. The second kappa shape index (κ2) is 4.58. The summed E-state index contributed by atoms with van der Waals surface area (Å²) in [6, 6.07) is 4.44. The highest BCUT2D eigenvalue weighted by molar-refractivity contribution is 6.31. The van der Waals surface area contributed by atoms with E-state index in [1.165, 1.54) is 6.07 Å². The van der Waals surface area contributed by atoms with E-state index in [1.807, 2.05) is 0 Å². The summed E-state index contributed by atoms with van der Waals surface area (Å²) >= 11 is 5.83. The molecule has 0 unspecified atom stereocenters. The SMILES string of the molecule is O=C(NC1(c2cn[nH]c2)CC1)c1cc2cc(Cl)cc(F)c2[nH]1. The van der Waals surface area contributed by atoms with Crippen molar-refractivity contribution in [2.45, 2.75) is 18.4 Å². The maximum Gasteiger partial charge on any atom is 0.268 e. The van der Waals surface area contributed by atoms with E-state index in [9.17, 15) is 9.18 Å². The third-order valence-corrected chi connectivity index (χ3v) is 4.26. The van der Waals surface area contributed by atoms with Crippen LogP contribution in [0, 0.1) is 5.82 Å². The summed E-state index contributed by atoms with van der Waals surface area (Å²) in [6.45, 7) is 0. The Labute approximate surface area is 129 Å². The van der Waals surface area contributed by atoms with Crippen molar-refractivity contribution in [3.05, 3.63) is 52.7 Å². The molecule has 3 aromatic rings. The molecule has 1 amide bonds. The van der Waals surface area contributed by atoms with Gasteiger partial charge in [-0.2, -0.15) is 5.10 Å². The molecule has 5 nitrogen and oxygen atoms in total. The van der Waals surface area contributed by atoms with E-state index in [0.29, 0.717) is 16.1 Å². The van der Waals surface area contributed by atoms with Gasteiger partial charge in [0.05, 0.1) is 17.3 Å². The monoisotopic (exact) mass is 318 g/mol. The van der Waals surface area contributed by atoms with Gasteiger partial charge in [0.15, 0.2) is 0 Å². The lowest BCUT2D eigenvalue weighted by Crippen LogP contribution is -2.34. The van der Waals surface area contributed by atoms with E-state index in [1.54, 1.807) is 24.5 Å². The molecular weight excluding hydrogens is 307 g/mol. The first kappa shape index (κ1) is 13.3. The molecule has 1 fully saturated rings. The van der Waals surface area contributed by atoms with E-state index in [2.05, 4.69) is 20.5 Å². The van der Waals surface area contributed by atoms with Crippen molar-refractivity contribution in [3.63, 3.8) is 0 Å². The van der Waals surface area contributed by atoms with Crippen molar-refractivity contribution in [3.8, 4) is 0 Å². The number of carbonyl (C=O) groups excluding carboxylic acids is 1. The lowest BCUT2D eigenvalue weighted by molar-refractivity contribution is 0.0926. The zero-order valence-electron chi connectivity index (χ0n) is 11.4. The maximum absolute atomic E-state index is 13.8. The molecule has 0 atom stereocenters. The number of hydrogen-bond acceptors (Lipinski definition) is 2. The number of H-pyrrole nitrogens is 2. The fourth-order valence-corrected chi connectivity index (χ4v) is 2.91. The molecule has 112 valence electrons.